The van der Waals surface area contributed by atoms with Crippen LogP contribution in [0.3, 0.4) is 0 Å². The molecule has 5 N–H and O–H groups in total. The normalized spacial score (nSPS) is 10.6. The predicted octanol–water partition coefficient (Wildman–Crippen LogP) is 4.58. The average molecular weight is 450 g/mol. The molecule has 0 heterocycles. The van der Waals surface area contributed by atoms with Crippen molar-refractivity contribution in [1.29, 1.82) is 0 Å². The number of nitrogen functional groups attached to an aromatic ring is 1. The molecular formula is C25H27N3O5. The summed E-state index contributed by atoms with van der Waals surface area (Å²) in [6.45, 7) is 5.72. The van der Waals surface area contributed by atoms with Crippen LogP contribution in [0.15, 0.2) is 54.6 Å². The fraction of sp³-hybridized carbons (Fsp3) is 0.200. The molecule has 0 aliphatic heterocycles. The van der Waals surface area contributed by atoms with Gasteiger partial charge in [-0.25, -0.2) is 0 Å². The van der Waals surface area contributed by atoms with E-state index < -0.39 is 11.8 Å². The lowest BCUT2D eigenvalue weighted by Gasteiger charge is -2.17. The van der Waals surface area contributed by atoms with Crippen LogP contribution in [0.2, 0.25) is 0 Å². The number of amides is 2. The van der Waals surface area contributed by atoms with Gasteiger partial charge in [0.15, 0.2) is 11.5 Å². The molecule has 8 nitrogen and oxygen atoms in total. The molecule has 3 aromatic carbocycles. The lowest BCUT2D eigenvalue weighted by molar-refractivity contribution is 0.101. The SMILES string of the molecule is COc1c(C(=O)Nc2ccc(C)cc2OC(C)C)ccc(NC(=O)c2ccc(N)cc2)c1O. The van der Waals surface area contributed by atoms with E-state index in [0.29, 0.717) is 22.7 Å². The minimum atomic E-state index is -0.504. The molecule has 0 radical (unpaired) electrons. The zero-order valence-corrected chi connectivity index (χ0v) is 18.9. The molecular weight excluding hydrogens is 422 g/mol. The zero-order valence-electron chi connectivity index (χ0n) is 18.9. The van der Waals surface area contributed by atoms with Crippen molar-refractivity contribution in [3.63, 3.8) is 0 Å². The number of aryl methyl sites for hydroxylation is 1. The second-order valence-electron chi connectivity index (χ2n) is 7.74. The number of carbonyl (C=O) groups excluding carboxylic acids is 2. The Balaban J connectivity index is 1.86. The van der Waals surface area contributed by atoms with E-state index in [-0.39, 0.29) is 28.9 Å². The summed E-state index contributed by atoms with van der Waals surface area (Å²) < 4.78 is 11.1. The molecule has 0 aliphatic carbocycles. The first kappa shape index (κ1) is 23.5. The molecule has 0 saturated heterocycles. The summed E-state index contributed by atoms with van der Waals surface area (Å²) in [6, 6.07) is 14.7. The topological polar surface area (TPSA) is 123 Å². The average Bonchev–Trinajstić information content (AvgIpc) is 2.76. The highest BCUT2D eigenvalue weighted by atomic mass is 16.5. The zero-order chi connectivity index (χ0) is 24.1. The monoisotopic (exact) mass is 449 g/mol. The highest BCUT2D eigenvalue weighted by Gasteiger charge is 2.21. The molecule has 0 bridgehead atoms. The van der Waals surface area contributed by atoms with Crippen LogP contribution in [0.1, 0.15) is 40.1 Å². The van der Waals surface area contributed by atoms with Crippen LogP contribution >= 0.6 is 0 Å². The number of rotatable bonds is 7. The smallest absolute Gasteiger partial charge is 0.259 e. The van der Waals surface area contributed by atoms with Crippen LogP contribution < -0.4 is 25.8 Å². The third-order valence-corrected chi connectivity index (χ3v) is 4.75. The Morgan fingerprint density at radius 1 is 0.939 bits per heavy atom. The number of anilines is 3. The number of nitrogens with one attached hydrogen (secondary N) is 2. The molecule has 0 atom stereocenters. The van der Waals surface area contributed by atoms with Crippen molar-refractivity contribution < 1.29 is 24.2 Å². The largest absolute Gasteiger partial charge is 0.503 e. The highest BCUT2D eigenvalue weighted by Crippen LogP contribution is 2.38. The highest BCUT2D eigenvalue weighted by molar-refractivity contribution is 6.09. The lowest BCUT2D eigenvalue weighted by atomic mass is 10.1. The minimum absolute atomic E-state index is 0.0685. The van der Waals surface area contributed by atoms with Crippen LogP contribution in [0, 0.1) is 6.92 Å². The van der Waals surface area contributed by atoms with Crippen molar-refractivity contribution in [3.05, 3.63) is 71.3 Å². The van der Waals surface area contributed by atoms with E-state index in [1.54, 1.807) is 30.3 Å². The second-order valence-corrected chi connectivity index (χ2v) is 7.74. The third kappa shape index (κ3) is 5.54. The summed E-state index contributed by atoms with van der Waals surface area (Å²) in [6.07, 6.45) is -0.0787. The summed E-state index contributed by atoms with van der Waals surface area (Å²) in [5.74, 6) is -0.845. The van der Waals surface area contributed by atoms with Crippen LogP contribution in [-0.4, -0.2) is 30.1 Å². The van der Waals surface area contributed by atoms with Gasteiger partial charge in [0.1, 0.15) is 5.75 Å². The maximum absolute atomic E-state index is 13.0. The Kier molecular flexibility index (Phi) is 7.07. The van der Waals surface area contributed by atoms with Gasteiger partial charge in [0.05, 0.1) is 30.2 Å². The maximum Gasteiger partial charge on any atom is 0.259 e. The van der Waals surface area contributed by atoms with Crippen molar-refractivity contribution in [3.8, 4) is 17.2 Å². The first-order valence-corrected chi connectivity index (χ1v) is 10.3. The van der Waals surface area contributed by atoms with E-state index in [2.05, 4.69) is 10.6 Å². The van der Waals surface area contributed by atoms with E-state index in [0.717, 1.165) is 5.56 Å². The Morgan fingerprint density at radius 3 is 2.21 bits per heavy atom. The maximum atomic E-state index is 13.0. The number of methoxy groups -OCH3 is 1. The number of phenols is 1. The van der Waals surface area contributed by atoms with Crippen molar-refractivity contribution >= 4 is 28.9 Å². The lowest BCUT2D eigenvalue weighted by Crippen LogP contribution is -2.16. The Hall–Kier alpha value is -4.20. The summed E-state index contributed by atoms with van der Waals surface area (Å²) in [4.78, 5) is 25.5. The number of ether oxygens (including phenoxy) is 2. The molecule has 172 valence electrons. The number of hydrogen-bond acceptors (Lipinski definition) is 6. The molecule has 0 aromatic heterocycles. The molecule has 0 spiro atoms. The second kappa shape index (κ2) is 9.95. The fourth-order valence-corrected chi connectivity index (χ4v) is 3.16. The van der Waals surface area contributed by atoms with Crippen molar-refractivity contribution in [2.45, 2.75) is 26.9 Å². The van der Waals surface area contributed by atoms with E-state index in [4.69, 9.17) is 15.2 Å². The van der Waals surface area contributed by atoms with Gasteiger partial charge >= 0.3 is 0 Å². The first-order valence-electron chi connectivity index (χ1n) is 10.3. The van der Waals surface area contributed by atoms with E-state index in [1.807, 2.05) is 32.9 Å². The Morgan fingerprint density at radius 2 is 1.58 bits per heavy atom. The molecule has 0 fully saturated rings. The summed E-state index contributed by atoms with van der Waals surface area (Å²) >= 11 is 0. The molecule has 33 heavy (non-hydrogen) atoms. The number of nitrogens with two attached hydrogens (primary N) is 1. The van der Waals surface area contributed by atoms with E-state index in [9.17, 15) is 14.7 Å². The van der Waals surface area contributed by atoms with Crippen molar-refractivity contribution in [2.75, 3.05) is 23.5 Å². The van der Waals surface area contributed by atoms with Gasteiger partial charge in [0.25, 0.3) is 11.8 Å². The molecule has 0 aliphatic rings. The van der Waals surface area contributed by atoms with E-state index in [1.165, 1.54) is 19.2 Å². The van der Waals surface area contributed by atoms with Crippen LogP contribution in [0.25, 0.3) is 0 Å². The molecule has 2 amide bonds. The van der Waals surface area contributed by atoms with Crippen LogP contribution in [0.5, 0.6) is 17.2 Å². The molecule has 8 heteroatoms. The first-order chi connectivity index (χ1) is 15.7. The van der Waals surface area contributed by atoms with Crippen molar-refractivity contribution in [2.24, 2.45) is 0 Å². The number of aromatic hydroxyl groups is 1. The summed E-state index contributed by atoms with van der Waals surface area (Å²) in [7, 11) is 1.33. The van der Waals surface area contributed by atoms with Gasteiger partial charge in [-0.1, -0.05) is 6.07 Å². The molecule has 3 aromatic rings. The number of benzene rings is 3. The standard InChI is InChI=1S/C25H27N3O5/c1-14(2)33-21-13-15(3)5-11-19(21)27-25(31)18-10-12-20(22(29)23(18)32-4)28-24(30)16-6-8-17(26)9-7-16/h5-14,29H,26H2,1-4H3,(H,27,31)(H,28,30). The van der Waals surface area contributed by atoms with Gasteiger partial charge in [-0.05, 0) is 74.9 Å². The van der Waals surface area contributed by atoms with Crippen molar-refractivity contribution in [1.82, 2.24) is 0 Å². The minimum Gasteiger partial charge on any atom is -0.503 e. The Bertz CT molecular complexity index is 1170. The third-order valence-electron chi connectivity index (χ3n) is 4.75. The van der Waals surface area contributed by atoms with Gasteiger partial charge in [0, 0.05) is 11.3 Å². The van der Waals surface area contributed by atoms with Gasteiger partial charge in [-0.3, -0.25) is 9.59 Å². The fourth-order valence-electron chi connectivity index (χ4n) is 3.16. The van der Waals surface area contributed by atoms with Gasteiger partial charge < -0.3 is 30.9 Å². The Labute approximate surface area is 192 Å². The summed E-state index contributed by atoms with van der Waals surface area (Å²) in [5.41, 5.74) is 8.21. The number of carbonyl (C=O) groups is 2. The molecule has 3 rings (SSSR count). The quantitative estimate of drug-likeness (QED) is 0.309. The van der Waals surface area contributed by atoms with E-state index >= 15 is 0 Å². The molecule has 0 saturated carbocycles. The summed E-state index contributed by atoms with van der Waals surface area (Å²) in [5, 5.41) is 16.1. The number of phenolic OH excluding ortho intramolecular Hbond substituents is 1. The molecule has 0 unspecified atom stereocenters. The predicted molar refractivity (Wildman–Crippen MR) is 128 cm³/mol. The van der Waals surface area contributed by atoms with Gasteiger partial charge in [0.2, 0.25) is 0 Å². The van der Waals surface area contributed by atoms with Gasteiger partial charge in [-0.2, -0.15) is 0 Å². The van der Waals surface area contributed by atoms with Gasteiger partial charge in [-0.15, -0.1) is 0 Å². The number of hydrogen-bond donors (Lipinski definition) is 4. The van der Waals surface area contributed by atoms with Crippen LogP contribution in [0.4, 0.5) is 17.1 Å². The van der Waals surface area contributed by atoms with Crippen LogP contribution in [-0.2, 0) is 0 Å².